The minimum absolute atomic E-state index is 0.0239. The summed E-state index contributed by atoms with van der Waals surface area (Å²) < 4.78 is 5.13. The highest BCUT2D eigenvalue weighted by atomic mass is 16.7. The van der Waals surface area contributed by atoms with E-state index in [0.717, 1.165) is 11.8 Å². The molecule has 2 amide bonds. The van der Waals surface area contributed by atoms with Gasteiger partial charge in [-0.3, -0.25) is 10.7 Å². The topological polar surface area (TPSA) is 226 Å². The molecule has 2 aromatic rings. The second kappa shape index (κ2) is 9.65. The summed E-state index contributed by atoms with van der Waals surface area (Å²) in [6.45, 7) is 0.223. The van der Waals surface area contributed by atoms with Crippen molar-refractivity contribution >= 4 is 23.4 Å². The summed E-state index contributed by atoms with van der Waals surface area (Å²) in [7, 11) is 1.50. The molecule has 1 aromatic heterocycles. The van der Waals surface area contributed by atoms with E-state index in [9.17, 15) is 15.0 Å². The molecular formula is C18H24N6O7. The fourth-order valence-electron chi connectivity index (χ4n) is 2.46. The predicted octanol–water partition coefficient (Wildman–Crippen LogP) is -1.64. The average molecular weight is 436 g/mol. The van der Waals surface area contributed by atoms with Gasteiger partial charge in [0.25, 0.3) is 0 Å². The molecule has 0 fully saturated rings. The zero-order valence-corrected chi connectivity index (χ0v) is 16.4. The molecule has 0 aliphatic carbocycles. The first-order chi connectivity index (χ1) is 14.4. The lowest BCUT2D eigenvalue weighted by Gasteiger charge is -2.31. The molecule has 0 aliphatic heterocycles. The van der Waals surface area contributed by atoms with Gasteiger partial charge in [0.05, 0.1) is 18.2 Å². The molecule has 168 valence electrons. The van der Waals surface area contributed by atoms with Crippen molar-refractivity contribution in [3.63, 3.8) is 0 Å². The number of aliphatic hydroxyl groups is 5. The number of anilines is 2. The number of hydrogen-bond donors (Lipinski definition) is 10. The van der Waals surface area contributed by atoms with Gasteiger partial charge in [-0.2, -0.15) is 0 Å². The van der Waals surface area contributed by atoms with Crippen LogP contribution < -0.4 is 21.7 Å². The number of aromatic nitrogens is 1. The zero-order valence-electron chi connectivity index (χ0n) is 16.4. The van der Waals surface area contributed by atoms with Crippen molar-refractivity contribution in [1.29, 1.82) is 5.41 Å². The van der Waals surface area contributed by atoms with E-state index in [1.165, 1.54) is 13.2 Å². The van der Waals surface area contributed by atoms with Crippen molar-refractivity contribution in [2.45, 2.75) is 17.9 Å². The third-order valence-corrected chi connectivity index (χ3v) is 4.05. The quantitative estimate of drug-likeness (QED) is 0.129. The molecule has 13 heteroatoms. The molecule has 1 heterocycles. The molecule has 0 radical (unpaired) electrons. The number of benzene rings is 1. The zero-order chi connectivity index (χ0) is 23.2. The monoisotopic (exact) mass is 436 g/mol. The fourth-order valence-corrected chi connectivity index (χ4v) is 2.46. The summed E-state index contributed by atoms with van der Waals surface area (Å²) in [5, 5.41) is 60.0. The Labute approximate surface area is 176 Å². The summed E-state index contributed by atoms with van der Waals surface area (Å²) >= 11 is 0. The van der Waals surface area contributed by atoms with E-state index in [1.807, 2.05) is 30.3 Å². The van der Waals surface area contributed by atoms with Gasteiger partial charge in [-0.25, -0.2) is 9.78 Å². The van der Waals surface area contributed by atoms with Crippen molar-refractivity contribution in [3.05, 3.63) is 53.7 Å². The molecule has 1 aromatic carbocycles. The average Bonchev–Trinajstić information content (AvgIpc) is 2.67. The number of carbonyl (C=O) groups is 1. The number of amides is 2. The molecule has 13 nitrogen and oxygen atoms in total. The number of amidine groups is 1. The molecule has 1 atom stereocenters. The van der Waals surface area contributed by atoms with Gasteiger partial charge in [0, 0.05) is 25.1 Å². The third-order valence-electron chi connectivity index (χ3n) is 4.05. The van der Waals surface area contributed by atoms with Gasteiger partial charge in [-0.15, -0.1) is 0 Å². The second-order valence-electron chi connectivity index (χ2n) is 6.48. The van der Waals surface area contributed by atoms with Crippen LogP contribution >= 0.6 is 0 Å². The van der Waals surface area contributed by atoms with Crippen LogP contribution in [0.25, 0.3) is 0 Å². The lowest BCUT2D eigenvalue weighted by atomic mass is 10.1. The largest absolute Gasteiger partial charge is 0.398 e. The fraction of sp³-hybridized carbons (Fsp3) is 0.278. The number of methoxy groups -OCH3 is 1. The highest BCUT2D eigenvalue weighted by molar-refractivity contribution is 6.01. The first-order valence-corrected chi connectivity index (χ1v) is 8.80. The Balaban J connectivity index is 2.07. The number of nitrogen functional groups attached to an aromatic ring is 1. The number of hydrogen-bond acceptors (Lipinski definition) is 10. The predicted molar refractivity (Wildman–Crippen MR) is 108 cm³/mol. The Kier molecular flexibility index (Phi) is 7.46. The van der Waals surface area contributed by atoms with E-state index in [1.54, 1.807) is 5.32 Å². The first kappa shape index (κ1) is 23.9. The number of nitrogens with two attached hydrogens (primary N) is 1. The molecule has 2 rings (SSSR count). The maximum absolute atomic E-state index is 12.3. The third kappa shape index (κ3) is 6.32. The van der Waals surface area contributed by atoms with E-state index >= 15 is 0 Å². The Morgan fingerprint density at radius 2 is 1.87 bits per heavy atom. The smallest absolute Gasteiger partial charge is 0.355 e. The van der Waals surface area contributed by atoms with Crippen LogP contribution in [0.4, 0.5) is 16.3 Å². The summed E-state index contributed by atoms with van der Waals surface area (Å²) in [6.07, 6.45) is 1.02. The number of ether oxygens (including phenoxy) is 1. The molecule has 31 heavy (non-hydrogen) atoms. The normalized spacial score (nSPS) is 12.7. The van der Waals surface area contributed by atoms with Crippen molar-refractivity contribution < 1.29 is 35.1 Å². The van der Waals surface area contributed by atoms with Gasteiger partial charge >= 0.3 is 17.9 Å². The van der Waals surface area contributed by atoms with E-state index in [0.29, 0.717) is 0 Å². The van der Waals surface area contributed by atoms with Crippen molar-refractivity contribution in [1.82, 2.24) is 15.6 Å². The Bertz CT molecular complexity index is 917. The molecule has 0 bridgehead atoms. The van der Waals surface area contributed by atoms with Gasteiger partial charge in [0.1, 0.15) is 11.7 Å². The van der Waals surface area contributed by atoms with Gasteiger partial charge in [-0.05, 0) is 5.56 Å². The lowest BCUT2D eigenvalue weighted by Crippen LogP contribution is -2.64. The number of nitrogens with one attached hydrogen (secondary N) is 4. The maximum atomic E-state index is 12.3. The molecule has 0 saturated carbocycles. The standard InChI is InChI=1S/C18H24N6O7/c1-31-9-13(10-5-3-2-4-6-10)22-16(25)23-14-7-12(19)11(8-21-14)15(20)24-17(26,27)18(28,29)30/h2-8,13,26-30H,9H2,1H3,(H2,20,24)(H4,19,21,22,23,25). The number of urea groups is 1. The van der Waals surface area contributed by atoms with Crippen molar-refractivity contribution in [2.75, 3.05) is 24.8 Å². The highest BCUT2D eigenvalue weighted by Crippen LogP contribution is 2.18. The van der Waals surface area contributed by atoms with E-state index in [4.69, 9.17) is 31.2 Å². The maximum Gasteiger partial charge on any atom is 0.355 e. The van der Waals surface area contributed by atoms with Crippen molar-refractivity contribution in [3.8, 4) is 0 Å². The minimum Gasteiger partial charge on any atom is -0.398 e. The van der Waals surface area contributed by atoms with Crippen LogP contribution in [0, 0.1) is 5.41 Å². The number of nitrogens with zero attached hydrogens (tertiary/aromatic N) is 1. The van der Waals surface area contributed by atoms with Gasteiger partial charge in [0.15, 0.2) is 0 Å². The summed E-state index contributed by atoms with van der Waals surface area (Å²) in [5.41, 5.74) is 6.33. The van der Waals surface area contributed by atoms with Gasteiger partial charge < -0.3 is 46.6 Å². The van der Waals surface area contributed by atoms with Crippen LogP contribution in [0.15, 0.2) is 42.6 Å². The van der Waals surface area contributed by atoms with Gasteiger partial charge in [-0.1, -0.05) is 30.3 Å². The van der Waals surface area contributed by atoms with Crippen LogP contribution in [-0.2, 0) is 4.74 Å². The molecule has 0 aliphatic rings. The SMILES string of the molecule is COCC(NC(=O)Nc1cc(N)c(C(=N)NC(O)(O)C(O)(O)O)cn1)c1ccccc1. The van der Waals surface area contributed by atoms with Gasteiger partial charge in [0.2, 0.25) is 0 Å². The molecule has 11 N–H and O–H groups in total. The Morgan fingerprint density at radius 1 is 1.23 bits per heavy atom. The second-order valence-corrected chi connectivity index (χ2v) is 6.48. The van der Waals surface area contributed by atoms with E-state index in [-0.39, 0.29) is 23.7 Å². The molecular weight excluding hydrogens is 412 g/mol. The Morgan fingerprint density at radius 3 is 2.42 bits per heavy atom. The van der Waals surface area contributed by atoms with Crippen LogP contribution in [0.3, 0.4) is 0 Å². The summed E-state index contributed by atoms with van der Waals surface area (Å²) in [5.74, 6) is -8.40. The molecule has 0 saturated heterocycles. The number of rotatable bonds is 8. The molecule has 1 unspecified atom stereocenters. The van der Waals surface area contributed by atoms with Crippen LogP contribution in [-0.4, -0.2) is 68.0 Å². The Hall–Kier alpha value is -3.33. The van der Waals surface area contributed by atoms with Crippen LogP contribution in [0.1, 0.15) is 17.2 Å². The highest BCUT2D eigenvalue weighted by Gasteiger charge is 2.47. The van der Waals surface area contributed by atoms with E-state index < -0.39 is 29.8 Å². The summed E-state index contributed by atoms with van der Waals surface area (Å²) in [4.78, 5) is 16.2. The first-order valence-electron chi connectivity index (χ1n) is 8.80. The number of pyridine rings is 1. The van der Waals surface area contributed by atoms with E-state index in [2.05, 4.69) is 15.6 Å². The minimum atomic E-state index is -3.96. The molecule has 0 spiro atoms. The van der Waals surface area contributed by atoms with Crippen LogP contribution in [0.2, 0.25) is 0 Å². The lowest BCUT2D eigenvalue weighted by molar-refractivity contribution is -0.451. The van der Waals surface area contributed by atoms with Crippen molar-refractivity contribution in [2.24, 2.45) is 0 Å². The van der Waals surface area contributed by atoms with Crippen LogP contribution in [0.5, 0.6) is 0 Å². The summed E-state index contributed by atoms with van der Waals surface area (Å²) in [6, 6.07) is 9.30. The number of carbonyl (C=O) groups excluding carboxylic acids is 1.